The highest BCUT2D eigenvalue weighted by Gasteiger charge is 2.14. The molecule has 0 saturated carbocycles. The topological polar surface area (TPSA) is 73.6 Å². The van der Waals surface area contributed by atoms with Crippen molar-refractivity contribution in [2.75, 3.05) is 0 Å². The van der Waals surface area contributed by atoms with E-state index in [1.165, 1.54) is 0 Å². The number of nitrogens with zero attached hydrogens (tertiary/aromatic N) is 1. The second kappa shape index (κ2) is 5.22. The molecule has 0 aliphatic heterocycles. The molecule has 0 amide bonds. The van der Waals surface area contributed by atoms with Crippen LogP contribution >= 0.6 is 0 Å². The lowest BCUT2D eigenvalue weighted by Gasteiger charge is -2.13. The summed E-state index contributed by atoms with van der Waals surface area (Å²) in [5.41, 5.74) is 2.59. The second-order valence-corrected chi connectivity index (χ2v) is 5.65. The van der Waals surface area contributed by atoms with Crippen LogP contribution in [0, 0.1) is 0 Å². The predicted molar refractivity (Wildman–Crippen MR) is 86.3 cm³/mol. The molecular formula is C18H17NO3. The van der Waals surface area contributed by atoms with Crippen LogP contribution in [-0.2, 0) is 0 Å². The monoisotopic (exact) mass is 295 g/mol. The highest BCUT2D eigenvalue weighted by atomic mass is 16.3. The average molecular weight is 295 g/mol. The van der Waals surface area contributed by atoms with Gasteiger partial charge in [-0.15, -0.1) is 0 Å². The third-order valence-electron chi connectivity index (χ3n) is 3.75. The zero-order valence-electron chi connectivity index (χ0n) is 12.4. The SMILES string of the molecule is CC(C)c1c(O)cc(-c2cnc3cccc(O)c3c2)cc1O. The Labute approximate surface area is 128 Å². The van der Waals surface area contributed by atoms with Crippen LogP contribution in [0.4, 0.5) is 0 Å². The van der Waals surface area contributed by atoms with E-state index in [-0.39, 0.29) is 23.2 Å². The summed E-state index contributed by atoms with van der Waals surface area (Å²) in [6, 6.07) is 10.2. The van der Waals surface area contributed by atoms with Gasteiger partial charge in [0.15, 0.2) is 0 Å². The Morgan fingerprint density at radius 1 is 0.864 bits per heavy atom. The highest BCUT2D eigenvalue weighted by Crippen LogP contribution is 2.38. The molecule has 3 rings (SSSR count). The number of hydrogen-bond acceptors (Lipinski definition) is 4. The largest absolute Gasteiger partial charge is 0.507 e. The number of aromatic hydroxyl groups is 3. The van der Waals surface area contributed by atoms with Gasteiger partial charge in [-0.2, -0.15) is 0 Å². The molecule has 112 valence electrons. The first-order valence-corrected chi connectivity index (χ1v) is 7.11. The maximum atomic E-state index is 10.1. The van der Waals surface area contributed by atoms with Crippen LogP contribution in [0.5, 0.6) is 17.2 Å². The Balaban J connectivity index is 2.17. The van der Waals surface area contributed by atoms with E-state index in [0.717, 1.165) is 5.56 Å². The van der Waals surface area contributed by atoms with Crippen molar-refractivity contribution in [3.05, 3.63) is 48.2 Å². The number of phenolic OH excluding ortho intramolecular Hbond substituents is 3. The molecule has 0 unspecified atom stereocenters. The molecule has 0 radical (unpaired) electrons. The van der Waals surface area contributed by atoms with Gasteiger partial charge in [0.2, 0.25) is 0 Å². The van der Waals surface area contributed by atoms with Crippen molar-refractivity contribution in [2.24, 2.45) is 0 Å². The molecule has 22 heavy (non-hydrogen) atoms. The Morgan fingerprint density at radius 3 is 2.18 bits per heavy atom. The van der Waals surface area contributed by atoms with Crippen molar-refractivity contribution in [1.82, 2.24) is 4.98 Å². The second-order valence-electron chi connectivity index (χ2n) is 5.65. The molecule has 0 atom stereocenters. The quantitative estimate of drug-likeness (QED) is 0.664. The molecule has 0 bridgehead atoms. The number of hydrogen-bond donors (Lipinski definition) is 3. The fourth-order valence-corrected chi connectivity index (χ4v) is 2.67. The van der Waals surface area contributed by atoms with Gasteiger partial charge in [0, 0.05) is 22.7 Å². The lowest BCUT2D eigenvalue weighted by atomic mass is 9.96. The third kappa shape index (κ3) is 2.33. The van der Waals surface area contributed by atoms with Crippen molar-refractivity contribution >= 4 is 10.9 Å². The van der Waals surface area contributed by atoms with Crippen molar-refractivity contribution in [1.29, 1.82) is 0 Å². The van der Waals surface area contributed by atoms with Gasteiger partial charge < -0.3 is 15.3 Å². The zero-order chi connectivity index (χ0) is 15.9. The fraction of sp³-hybridized carbons (Fsp3) is 0.167. The first-order valence-electron chi connectivity index (χ1n) is 7.11. The van der Waals surface area contributed by atoms with Gasteiger partial charge in [-0.05, 0) is 41.8 Å². The van der Waals surface area contributed by atoms with Crippen LogP contribution in [0.1, 0.15) is 25.3 Å². The average Bonchev–Trinajstić information content (AvgIpc) is 2.46. The van der Waals surface area contributed by atoms with E-state index >= 15 is 0 Å². The Kier molecular flexibility index (Phi) is 3.37. The lowest BCUT2D eigenvalue weighted by molar-refractivity contribution is 0.434. The summed E-state index contributed by atoms with van der Waals surface area (Å²) in [4.78, 5) is 4.31. The van der Waals surface area contributed by atoms with Gasteiger partial charge in [-0.1, -0.05) is 19.9 Å². The molecule has 4 heteroatoms. The summed E-state index contributed by atoms with van der Waals surface area (Å²) < 4.78 is 0. The van der Waals surface area contributed by atoms with E-state index in [2.05, 4.69) is 4.98 Å². The zero-order valence-corrected chi connectivity index (χ0v) is 12.4. The van der Waals surface area contributed by atoms with E-state index in [1.54, 1.807) is 36.5 Å². The summed E-state index contributed by atoms with van der Waals surface area (Å²) in [5.74, 6) is 0.289. The number of fused-ring (bicyclic) bond motifs is 1. The van der Waals surface area contributed by atoms with Gasteiger partial charge in [0.25, 0.3) is 0 Å². The van der Waals surface area contributed by atoms with E-state index in [0.29, 0.717) is 22.0 Å². The van der Waals surface area contributed by atoms with E-state index < -0.39 is 0 Å². The minimum absolute atomic E-state index is 0.0211. The molecule has 4 nitrogen and oxygen atoms in total. The van der Waals surface area contributed by atoms with E-state index in [4.69, 9.17) is 0 Å². The van der Waals surface area contributed by atoms with Crippen LogP contribution in [0.2, 0.25) is 0 Å². The van der Waals surface area contributed by atoms with Crippen molar-refractivity contribution < 1.29 is 15.3 Å². The van der Waals surface area contributed by atoms with Crippen LogP contribution in [0.15, 0.2) is 42.6 Å². The van der Waals surface area contributed by atoms with Crippen molar-refractivity contribution in [3.8, 4) is 28.4 Å². The highest BCUT2D eigenvalue weighted by molar-refractivity contribution is 5.88. The number of rotatable bonds is 2. The summed E-state index contributed by atoms with van der Waals surface area (Å²) in [6.07, 6.45) is 1.66. The van der Waals surface area contributed by atoms with Crippen LogP contribution in [-0.4, -0.2) is 20.3 Å². The summed E-state index contributed by atoms with van der Waals surface area (Å²) >= 11 is 0. The molecule has 1 aromatic heterocycles. The predicted octanol–water partition coefficient (Wildman–Crippen LogP) is 4.14. The molecule has 1 heterocycles. The number of benzene rings is 2. The number of pyridine rings is 1. The Morgan fingerprint density at radius 2 is 1.55 bits per heavy atom. The van der Waals surface area contributed by atoms with Crippen LogP contribution in [0.25, 0.3) is 22.0 Å². The van der Waals surface area contributed by atoms with Crippen LogP contribution < -0.4 is 0 Å². The molecule has 0 fully saturated rings. The molecule has 3 aromatic rings. The Bertz CT molecular complexity index is 833. The van der Waals surface area contributed by atoms with Crippen LogP contribution in [0.3, 0.4) is 0 Å². The van der Waals surface area contributed by atoms with E-state index in [1.807, 2.05) is 19.9 Å². The molecule has 2 aromatic carbocycles. The smallest absolute Gasteiger partial charge is 0.124 e. The standard InChI is InChI=1S/C18H17NO3/c1-10(2)18-16(21)7-11(8-17(18)22)12-6-13-14(19-9-12)4-3-5-15(13)20/h3-10,20-22H,1-2H3. The van der Waals surface area contributed by atoms with Crippen molar-refractivity contribution in [3.63, 3.8) is 0 Å². The molecular weight excluding hydrogens is 278 g/mol. The van der Waals surface area contributed by atoms with Crippen molar-refractivity contribution in [2.45, 2.75) is 19.8 Å². The first-order chi connectivity index (χ1) is 10.5. The molecule has 0 aliphatic carbocycles. The molecule has 0 aliphatic rings. The Hall–Kier alpha value is -2.75. The third-order valence-corrected chi connectivity index (χ3v) is 3.75. The molecule has 0 spiro atoms. The van der Waals surface area contributed by atoms with Gasteiger partial charge in [0.05, 0.1) is 5.52 Å². The first kappa shape index (κ1) is 14.2. The summed E-state index contributed by atoms with van der Waals surface area (Å²) in [7, 11) is 0. The minimum atomic E-state index is 0.0211. The summed E-state index contributed by atoms with van der Waals surface area (Å²) in [6.45, 7) is 3.81. The maximum absolute atomic E-state index is 10.1. The van der Waals surface area contributed by atoms with E-state index in [9.17, 15) is 15.3 Å². The van der Waals surface area contributed by atoms with Gasteiger partial charge in [-0.3, -0.25) is 4.98 Å². The fourth-order valence-electron chi connectivity index (χ4n) is 2.67. The lowest BCUT2D eigenvalue weighted by Crippen LogP contribution is -1.91. The molecule has 0 saturated heterocycles. The minimum Gasteiger partial charge on any atom is -0.507 e. The van der Waals surface area contributed by atoms with Gasteiger partial charge >= 0.3 is 0 Å². The number of aromatic nitrogens is 1. The normalized spacial score (nSPS) is 11.2. The molecule has 3 N–H and O–H groups in total. The van der Waals surface area contributed by atoms with Gasteiger partial charge in [0.1, 0.15) is 17.2 Å². The van der Waals surface area contributed by atoms with Gasteiger partial charge in [-0.25, -0.2) is 0 Å². The number of phenols is 3. The summed E-state index contributed by atoms with van der Waals surface area (Å²) in [5, 5.41) is 30.8. The maximum Gasteiger partial charge on any atom is 0.124 e.